The molecule has 0 radical (unpaired) electrons. The second kappa shape index (κ2) is 7.65. The molecule has 2 N–H and O–H groups in total. The van der Waals surface area contributed by atoms with E-state index >= 15 is 0 Å². The molecule has 3 aromatic rings. The molecule has 0 aliphatic carbocycles. The van der Waals surface area contributed by atoms with Crippen molar-refractivity contribution in [1.82, 2.24) is 15.1 Å². The summed E-state index contributed by atoms with van der Waals surface area (Å²) in [6.07, 6.45) is 1.69. The average Bonchev–Trinajstić information content (AvgIpc) is 3.02. The maximum Gasteiger partial charge on any atom is 0.230 e. The molecule has 0 aliphatic rings. The van der Waals surface area contributed by atoms with Gasteiger partial charge in [0, 0.05) is 36.7 Å². The summed E-state index contributed by atoms with van der Waals surface area (Å²) >= 11 is 0. The van der Waals surface area contributed by atoms with E-state index < -0.39 is 0 Å². The molecule has 0 bridgehead atoms. The molecule has 0 amide bonds. The summed E-state index contributed by atoms with van der Waals surface area (Å²) in [4.78, 5) is 10.9. The third-order valence-corrected chi connectivity index (χ3v) is 3.79. The summed E-state index contributed by atoms with van der Waals surface area (Å²) in [6.45, 7) is 8.12. The Kier molecular flexibility index (Phi) is 5.13. The first kappa shape index (κ1) is 16.8. The zero-order chi connectivity index (χ0) is 17.6. The van der Waals surface area contributed by atoms with Crippen molar-refractivity contribution in [3.63, 3.8) is 0 Å². The van der Waals surface area contributed by atoms with Gasteiger partial charge in [0.25, 0.3) is 0 Å². The summed E-state index contributed by atoms with van der Waals surface area (Å²) < 4.78 is 5.02. The van der Waals surface area contributed by atoms with Crippen LogP contribution < -0.4 is 15.5 Å². The lowest BCUT2D eigenvalue weighted by Gasteiger charge is -2.21. The lowest BCUT2D eigenvalue weighted by atomic mass is 10.2. The van der Waals surface area contributed by atoms with E-state index in [1.165, 1.54) is 5.69 Å². The fourth-order valence-electron chi connectivity index (χ4n) is 2.52. The van der Waals surface area contributed by atoms with Gasteiger partial charge in [-0.1, -0.05) is 5.16 Å². The van der Waals surface area contributed by atoms with E-state index in [0.29, 0.717) is 17.6 Å². The minimum Gasteiger partial charge on any atom is -0.372 e. The first-order valence-corrected chi connectivity index (χ1v) is 8.33. The zero-order valence-electron chi connectivity index (χ0n) is 14.7. The van der Waals surface area contributed by atoms with Crippen molar-refractivity contribution in [2.45, 2.75) is 20.8 Å². The molecule has 2 heterocycles. The largest absolute Gasteiger partial charge is 0.372 e. The standard InChI is InChI=1S/C18H22N6O/c1-4-24(5-2)15-8-6-14(7-9-15)20-16-10-11-19-18(21-16)22-17-12-13(3)25-23-17/h6-12H,4-5H2,1-3H3,(H2,19,20,21,22,23). The van der Waals surface area contributed by atoms with Crippen LogP contribution in [0, 0.1) is 6.92 Å². The Balaban J connectivity index is 1.69. The highest BCUT2D eigenvalue weighted by atomic mass is 16.5. The maximum absolute atomic E-state index is 5.02. The fraction of sp³-hybridized carbons (Fsp3) is 0.278. The van der Waals surface area contributed by atoms with Crippen molar-refractivity contribution in [3.05, 3.63) is 48.4 Å². The second-order valence-electron chi connectivity index (χ2n) is 5.56. The lowest BCUT2D eigenvalue weighted by Crippen LogP contribution is -2.21. The fourth-order valence-corrected chi connectivity index (χ4v) is 2.52. The van der Waals surface area contributed by atoms with Crippen LogP contribution in [-0.4, -0.2) is 28.2 Å². The van der Waals surface area contributed by atoms with Gasteiger partial charge in [0.2, 0.25) is 5.95 Å². The van der Waals surface area contributed by atoms with E-state index in [4.69, 9.17) is 4.52 Å². The highest BCUT2D eigenvalue weighted by Crippen LogP contribution is 2.21. The second-order valence-corrected chi connectivity index (χ2v) is 5.56. The number of nitrogens with zero attached hydrogens (tertiary/aromatic N) is 4. The lowest BCUT2D eigenvalue weighted by molar-refractivity contribution is 0.400. The molecule has 25 heavy (non-hydrogen) atoms. The SMILES string of the molecule is CCN(CC)c1ccc(Nc2ccnc(Nc3cc(C)on3)n2)cc1. The quantitative estimate of drug-likeness (QED) is 0.671. The molecule has 130 valence electrons. The molecule has 0 fully saturated rings. The number of nitrogens with one attached hydrogen (secondary N) is 2. The average molecular weight is 338 g/mol. The molecule has 7 nitrogen and oxygen atoms in total. The smallest absolute Gasteiger partial charge is 0.230 e. The minimum atomic E-state index is 0.457. The van der Waals surface area contributed by atoms with Gasteiger partial charge < -0.3 is 20.1 Å². The van der Waals surface area contributed by atoms with Gasteiger partial charge in [-0.3, -0.25) is 0 Å². The molecule has 7 heteroatoms. The molecule has 0 aliphatic heterocycles. The predicted octanol–water partition coefficient (Wildman–Crippen LogP) is 4.11. The molecule has 0 saturated carbocycles. The van der Waals surface area contributed by atoms with Gasteiger partial charge >= 0.3 is 0 Å². The number of aromatic nitrogens is 3. The van der Waals surface area contributed by atoms with E-state index in [1.807, 2.05) is 25.1 Å². The summed E-state index contributed by atoms with van der Waals surface area (Å²) in [5, 5.41) is 10.2. The first-order chi connectivity index (χ1) is 12.2. The number of anilines is 5. The Morgan fingerprint density at radius 3 is 2.40 bits per heavy atom. The van der Waals surface area contributed by atoms with E-state index in [0.717, 1.165) is 24.5 Å². The van der Waals surface area contributed by atoms with E-state index in [2.05, 4.69) is 56.6 Å². The van der Waals surface area contributed by atoms with Gasteiger partial charge in [-0.15, -0.1) is 0 Å². The van der Waals surface area contributed by atoms with Crippen LogP contribution >= 0.6 is 0 Å². The van der Waals surface area contributed by atoms with Crippen molar-refractivity contribution in [1.29, 1.82) is 0 Å². The number of rotatable bonds is 7. The van der Waals surface area contributed by atoms with Crippen LogP contribution in [0.3, 0.4) is 0 Å². The number of hydrogen-bond acceptors (Lipinski definition) is 7. The topological polar surface area (TPSA) is 79.1 Å². The van der Waals surface area contributed by atoms with Crippen molar-refractivity contribution in [3.8, 4) is 0 Å². The molecule has 1 aromatic carbocycles. The van der Waals surface area contributed by atoms with Crippen LogP contribution in [0.4, 0.5) is 29.0 Å². The molecule has 3 rings (SSSR count). The van der Waals surface area contributed by atoms with E-state index in [9.17, 15) is 0 Å². The number of aryl methyl sites for hydroxylation is 1. The summed E-state index contributed by atoms with van der Waals surface area (Å²) in [6, 6.07) is 11.9. The normalized spacial score (nSPS) is 10.5. The first-order valence-electron chi connectivity index (χ1n) is 8.33. The van der Waals surface area contributed by atoms with E-state index in [-0.39, 0.29) is 0 Å². The van der Waals surface area contributed by atoms with Gasteiger partial charge in [-0.2, -0.15) is 4.98 Å². The van der Waals surface area contributed by atoms with Crippen LogP contribution in [0.5, 0.6) is 0 Å². The Labute approximate surface area is 147 Å². The minimum absolute atomic E-state index is 0.457. The van der Waals surface area contributed by atoms with Gasteiger partial charge in [-0.05, 0) is 51.1 Å². The molecule has 0 atom stereocenters. The molecule has 0 saturated heterocycles. The Hall–Kier alpha value is -3.09. The van der Waals surface area contributed by atoms with Crippen LogP contribution in [0.2, 0.25) is 0 Å². The molecular formula is C18H22N6O. The van der Waals surface area contributed by atoms with Crippen molar-refractivity contribution >= 4 is 29.0 Å². The van der Waals surface area contributed by atoms with E-state index in [1.54, 1.807) is 12.3 Å². The summed E-state index contributed by atoms with van der Waals surface area (Å²) in [5.74, 6) is 2.47. The Morgan fingerprint density at radius 2 is 1.76 bits per heavy atom. The van der Waals surface area contributed by atoms with Crippen LogP contribution in [0.25, 0.3) is 0 Å². The van der Waals surface area contributed by atoms with Crippen molar-refractivity contribution in [2.75, 3.05) is 28.6 Å². The van der Waals surface area contributed by atoms with Crippen molar-refractivity contribution in [2.24, 2.45) is 0 Å². The highest BCUT2D eigenvalue weighted by Gasteiger charge is 2.05. The molecular weight excluding hydrogens is 316 g/mol. The van der Waals surface area contributed by atoms with Crippen molar-refractivity contribution < 1.29 is 4.52 Å². The summed E-state index contributed by atoms with van der Waals surface area (Å²) in [7, 11) is 0. The predicted molar refractivity (Wildman–Crippen MR) is 99.8 cm³/mol. The maximum atomic E-state index is 5.02. The number of benzene rings is 1. The Morgan fingerprint density at radius 1 is 1.00 bits per heavy atom. The molecule has 2 aromatic heterocycles. The van der Waals surface area contributed by atoms with Crippen LogP contribution in [0.1, 0.15) is 19.6 Å². The van der Waals surface area contributed by atoms with Crippen LogP contribution in [0.15, 0.2) is 47.1 Å². The number of hydrogen-bond donors (Lipinski definition) is 2. The van der Waals surface area contributed by atoms with Crippen LogP contribution in [-0.2, 0) is 0 Å². The molecule has 0 spiro atoms. The highest BCUT2D eigenvalue weighted by molar-refractivity contribution is 5.61. The molecule has 0 unspecified atom stereocenters. The van der Waals surface area contributed by atoms with Gasteiger partial charge in [0.1, 0.15) is 11.6 Å². The van der Waals surface area contributed by atoms with Gasteiger partial charge in [0.05, 0.1) is 0 Å². The van der Waals surface area contributed by atoms with Gasteiger partial charge in [0.15, 0.2) is 5.82 Å². The zero-order valence-corrected chi connectivity index (χ0v) is 14.7. The third-order valence-electron chi connectivity index (χ3n) is 3.79. The van der Waals surface area contributed by atoms with Gasteiger partial charge in [-0.25, -0.2) is 4.98 Å². The monoisotopic (exact) mass is 338 g/mol. The Bertz CT molecular complexity index is 810. The summed E-state index contributed by atoms with van der Waals surface area (Å²) in [5.41, 5.74) is 2.18. The third kappa shape index (κ3) is 4.26.